The molecule has 2 aromatic heterocycles. The van der Waals surface area contributed by atoms with E-state index in [0.717, 1.165) is 25.0 Å². The SMILES string of the molecule is CN(C)c1nc(Nc2cc3nc(-c4ccc(C(F)(F)F)c(F)c4)[nH]c3cc2F)nc(C2CC2)n1. The average Bonchev–Trinajstić information content (AvgIpc) is 3.53. The number of hydrogen-bond acceptors (Lipinski definition) is 6. The van der Waals surface area contributed by atoms with Gasteiger partial charge in [0.25, 0.3) is 0 Å². The number of hydrogen-bond donors (Lipinski definition) is 2. The predicted octanol–water partition coefficient (Wildman–Crippen LogP) is 5.40. The highest BCUT2D eigenvalue weighted by atomic mass is 19.4. The predicted molar refractivity (Wildman–Crippen MR) is 116 cm³/mol. The van der Waals surface area contributed by atoms with Crippen molar-refractivity contribution < 1.29 is 22.0 Å². The normalized spacial score (nSPS) is 14.0. The number of fused-ring (bicyclic) bond motifs is 1. The number of anilines is 3. The molecule has 0 radical (unpaired) electrons. The van der Waals surface area contributed by atoms with Gasteiger partial charge in [0.05, 0.1) is 22.3 Å². The third-order valence-electron chi connectivity index (χ3n) is 5.35. The Labute approximate surface area is 190 Å². The molecule has 5 rings (SSSR count). The van der Waals surface area contributed by atoms with E-state index in [-0.39, 0.29) is 28.9 Å². The Hall–Kier alpha value is -3.83. The highest BCUT2D eigenvalue weighted by Gasteiger charge is 2.34. The monoisotopic (exact) mass is 475 g/mol. The quantitative estimate of drug-likeness (QED) is 0.376. The summed E-state index contributed by atoms with van der Waals surface area (Å²) in [5.74, 6) is -0.434. The number of rotatable bonds is 5. The highest BCUT2D eigenvalue weighted by Crippen LogP contribution is 2.39. The molecule has 0 spiro atoms. The van der Waals surface area contributed by atoms with E-state index in [1.54, 1.807) is 19.0 Å². The number of alkyl halides is 3. The smallest absolute Gasteiger partial charge is 0.347 e. The number of benzene rings is 2. The maximum Gasteiger partial charge on any atom is 0.419 e. The van der Waals surface area contributed by atoms with Crippen molar-refractivity contribution in [2.75, 3.05) is 24.3 Å². The number of halogens is 5. The van der Waals surface area contributed by atoms with Crippen molar-refractivity contribution in [3.63, 3.8) is 0 Å². The van der Waals surface area contributed by atoms with E-state index in [9.17, 15) is 22.0 Å². The van der Waals surface area contributed by atoms with Crippen LogP contribution in [-0.2, 0) is 6.18 Å². The standard InChI is InChI=1S/C22H18F5N7/c1-34(2)21-32-18(10-3-4-10)31-20(33-21)30-15-9-17-16(8-14(15)24)28-19(29-17)11-5-6-12(13(23)7-11)22(25,26)27/h5-10H,3-4H2,1-2H3,(H,28,29)(H,30,31,32,33). The molecule has 0 amide bonds. The first-order valence-corrected chi connectivity index (χ1v) is 10.3. The summed E-state index contributed by atoms with van der Waals surface area (Å²) in [6, 6.07) is 5.09. The molecule has 1 aliphatic rings. The molecular weight excluding hydrogens is 457 g/mol. The largest absolute Gasteiger partial charge is 0.419 e. The second-order valence-corrected chi connectivity index (χ2v) is 8.24. The van der Waals surface area contributed by atoms with Crippen LogP contribution in [0, 0.1) is 11.6 Å². The van der Waals surface area contributed by atoms with Gasteiger partial charge in [0.2, 0.25) is 11.9 Å². The lowest BCUT2D eigenvalue weighted by Gasteiger charge is -2.13. The van der Waals surface area contributed by atoms with Gasteiger partial charge < -0.3 is 15.2 Å². The van der Waals surface area contributed by atoms with E-state index in [1.165, 1.54) is 12.1 Å². The molecule has 0 unspecified atom stereocenters. The van der Waals surface area contributed by atoms with Gasteiger partial charge in [0, 0.05) is 31.6 Å². The molecule has 12 heteroatoms. The molecule has 1 saturated carbocycles. The number of nitrogens with one attached hydrogen (secondary N) is 2. The van der Waals surface area contributed by atoms with E-state index in [2.05, 4.69) is 30.2 Å². The Morgan fingerprint density at radius 2 is 1.74 bits per heavy atom. The summed E-state index contributed by atoms with van der Waals surface area (Å²) in [5.41, 5.74) is -0.601. The fourth-order valence-electron chi connectivity index (χ4n) is 3.44. The lowest BCUT2D eigenvalue weighted by Crippen LogP contribution is -2.16. The summed E-state index contributed by atoms with van der Waals surface area (Å²) in [6.45, 7) is 0. The van der Waals surface area contributed by atoms with E-state index < -0.39 is 23.4 Å². The van der Waals surface area contributed by atoms with Crippen molar-refractivity contribution in [1.29, 1.82) is 0 Å². The number of aromatic nitrogens is 5. The zero-order chi connectivity index (χ0) is 24.2. The minimum atomic E-state index is -4.80. The van der Waals surface area contributed by atoms with Gasteiger partial charge in [-0.25, -0.2) is 13.8 Å². The van der Waals surface area contributed by atoms with Crippen molar-refractivity contribution in [2.45, 2.75) is 24.9 Å². The second-order valence-electron chi connectivity index (χ2n) is 8.24. The van der Waals surface area contributed by atoms with Crippen molar-refractivity contribution in [3.8, 4) is 11.4 Å². The number of aromatic amines is 1. The first kappa shape index (κ1) is 22.0. The summed E-state index contributed by atoms with van der Waals surface area (Å²) in [6.07, 6.45) is -2.84. The third kappa shape index (κ3) is 4.22. The van der Waals surface area contributed by atoms with Crippen LogP contribution in [-0.4, -0.2) is 39.0 Å². The Morgan fingerprint density at radius 1 is 0.971 bits per heavy atom. The Balaban J connectivity index is 1.48. The van der Waals surface area contributed by atoms with Crippen LogP contribution < -0.4 is 10.2 Å². The Bertz CT molecular complexity index is 1370. The summed E-state index contributed by atoms with van der Waals surface area (Å²) in [5, 5.41) is 2.86. The number of H-pyrrole nitrogens is 1. The fraction of sp³-hybridized carbons (Fsp3) is 0.273. The van der Waals surface area contributed by atoms with Crippen LogP contribution in [0.15, 0.2) is 30.3 Å². The van der Waals surface area contributed by atoms with Crippen molar-refractivity contribution in [1.82, 2.24) is 24.9 Å². The fourth-order valence-corrected chi connectivity index (χ4v) is 3.44. The zero-order valence-electron chi connectivity index (χ0n) is 18.0. The van der Waals surface area contributed by atoms with Crippen LogP contribution in [0.1, 0.15) is 30.1 Å². The van der Waals surface area contributed by atoms with Gasteiger partial charge in [0.1, 0.15) is 23.3 Å². The van der Waals surface area contributed by atoms with E-state index >= 15 is 0 Å². The van der Waals surface area contributed by atoms with E-state index in [1.807, 2.05) is 0 Å². The van der Waals surface area contributed by atoms with E-state index in [0.29, 0.717) is 28.9 Å². The second kappa shape index (κ2) is 7.89. The molecule has 2 heterocycles. The van der Waals surface area contributed by atoms with Gasteiger partial charge in [-0.15, -0.1) is 0 Å². The van der Waals surface area contributed by atoms with E-state index in [4.69, 9.17) is 0 Å². The topological polar surface area (TPSA) is 82.6 Å². The summed E-state index contributed by atoms with van der Waals surface area (Å²) in [4.78, 5) is 22.0. The molecule has 34 heavy (non-hydrogen) atoms. The molecular formula is C22H18F5N7. The summed E-state index contributed by atoms with van der Waals surface area (Å²) >= 11 is 0. The number of imidazole rings is 1. The molecule has 2 aromatic carbocycles. The molecule has 0 bridgehead atoms. The maximum absolute atomic E-state index is 14.8. The molecule has 4 aromatic rings. The Kier molecular flexibility index (Phi) is 5.10. The molecule has 0 saturated heterocycles. The van der Waals surface area contributed by atoms with Crippen LogP contribution in [0.4, 0.5) is 39.5 Å². The minimum absolute atomic E-state index is 0.0572. The molecule has 0 aliphatic heterocycles. The van der Waals surface area contributed by atoms with Gasteiger partial charge in [-0.3, -0.25) is 0 Å². The van der Waals surface area contributed by atoms with Crippen LogP contribution in [0.25, 0.3) is 22.4 Å². The van der Waals surface area contributed by atoms with Gasteiger partial charge >= 0.3 is 6.18 Å². The first-order chi connectivity index (χ1) is 16.1. The maximum atomic E-state index is 14.8. The third-order valence-corrected chi connectivity index (χ3v) is 5.35. The van der Waals surface area contributed by atoms with Crippen LogP contribution >= 0.6 is 0 Å². The summed E-state index contributed by atoms with van der Waals surface area (Å²) < 4.78 is 67.3. The zero-order valence-corrected chi connectivity index (χ0v) is 18.0. The number of nitrogens with zero attached hydrogens (tertiary/aromatic N) is 5. The van der Waals surface area contributed by atoms with Gasteiger partial charge in [-0.05, 0) is 31.0 Å². The summed E-state index contributed by atoms with van der Waals surface area (Å²) in [7, 11) is 3.58. The van der Waals surface area contributed by atoms with Crippen LogP contribution in [0.2, 0.25) is 0 Å². The van der Waals surface area contributed by atoms with Gasteiger partial charge in [-0.1, -0.05) is 6.07 Å². The van der Waals surface area contributed by atoms with Gasteiger partial charge in [-0.2, -0.15) is 28.1 Å². The molecule has 0 atom stereocenters. The van der Waals surface area contributed by atoms with Crippen molar-refractivity contribution in [2.24, 2.45) is 0 Å². The first-order valence-electron chi connectivity index (χ1n) is 10.3. The average molecular weight is 475 g/mol. The Morgan fingerprint density at radius 3 is 2.38 bits per heavy atom. The van der Waals surface area contributed by atoms with Crippen LogP contribution in [0.3, 0.4) is 0 Å². The van der Waals surface area contributed by atoms with Crippen molar-refractivity contribution in [3.05, 3.63) is 53.4 Å². The lowest BCUT2D eigenvalue weighted by molar-refractivity contribution is -0.139. The lowest BCUT2D eigenvalue weighted by atomic mass is 10.1. The minimum Gasteiger partial charge on any atom is -0.347 e. The highest BCUT2D eigenvalue weighted by molar-refractivity contribution is 5.83. The van der Waals surface area contributed by atoms with Crippen molar-refractivity contribution >= 4 is 28.6 Å². The molecule has 7 nitrogen and oxygen atoms in total. The van der Waals surface area contributed by atoms with Crippen LogP contribution in [0.5, 0.6) is 0 Å². The molecule has 1 aliphatic carbocycles. The van der Waals surface area contributed by atoms with Gasteiger partial charge in [0.15, 0.2) is 0 Å². The molecule has 1 fully saturated rings. The molecule has 2 N–H and O–H groups in total. The molecule has 176 valence electrons.